The van der Waals surface area contributed by atoms with Crippen molar-refractivity contribution in [1.82, 2.24) is 0 Å². The van der Waals surface area contributed by atoms with Crippen molar-refractivity contribution < 1.29 is 4.74 Å². The van der Waals surface area contributed by atoms with Gasteiger partial charge >= 0.3 is 0 Å². The minimum Gasteiger partial charge on any atom is -0.496 e. The van der Waals surface area contributed by atoms with Crippen molar-refractivity contribution in [3.05, 3.63) is 27.7 Å². The first-order valence-corrected chi connectivity index (χ1v) is 6.56. The third kappa shape index (κ3) is 1.87. The van der Waals surface area contributed by atoms with E-state index in [1.807, 2.05) is 0 Å². The number of benzene rings is 1. The molecule has 16 heavy (non-hydrogen) atoms. The minimum absolute atomic E-state index is 0.123. The number of hydrogen-bond acceptors (Lipinski definition) is 2. The van der Waals surface area contributed by atoms with Crippen LogP contribution in [-0.2, 0) is 12.0 Å². The van der Waals surface area contributed by atoms with Gasteiger partial charge in [-0.15, -0.1) is 0 Å². The molecule has 0 saturated heterocycles. The van der Waals surface area contributed by atoms with Crippen LogP contribution in [0.2, 0.25) is 0 Å². The van der Waals surface area contributed by atoms with Crippen molar-refractivity contribution in [3.8, 4) is 5.75 Å². The van der Waals surface area contributed by atoms with Crippen LogP contribution in [0, 0.1) is 0 Å². The molecular formula is C13H18BrNO. The Morgan fingerprint density at radius 3 is 2.56 bits per heavy atom. The topological polar surface area (TPSA) is 35.2 Å². The third-order valence-electron chi connectivity index (χ3n) is 3.55. The van der Waals surface area contributed by atoms with E-state index < -0.39 is 0 Å². The molecule has 0 aliphatic heterocycles. The lowest BCUT2D eigenvalue weighted by Crippen LogP contribution is -2.43. The maximum atomic E-state index is 6.33. The lowest BCUT2D eigenvalue weighted by molar-refractivity contribution is 0.252. The maximum Gasteiger partial charge on any atom is 0.123 e. The van der Waals surface area contributed by atoms with E-state index in [9.17, 15) is 0 Å². The molecular weight excluding hydrogens is 266 g/mol. The van der Waals surface area contributed by atoms with E-state index in [4.69, 9.17) is 10.5 Å². The molecule has 2 N–H and O–H groups in total. The van der Waals surface area contributed by atoms with Gasteiger partial charge in [0.1, 0.15) is 5.75 Å². The second-order valence-electron chi connectivity index (χ2n) is 4.50. The molecule has 3 heteroatoms. The average molecular weight is 284 g/mol. The van der Waals surface area contributed by atoms with Crippen LogP contribution < -0.4 is 10.5 Å². The molecule has 1 aliphatic rings. The summed E-state index contributed by atoms with van der Waals surface area (Å²) < 4.78 is 6.55. The molecule has 0 radical (unpaired) electrons. The smallest absolute Gasteiger partial charge is 0.123 e. The summed E-state index contributed by atoms with van der Waals surface area (Å²) >= 11 is 3.61. The summed E-state index contributed by atoms with van der Waals surface area (Å²) in [5.74, 6) is 0.948. The Kier molecular flexibility index (Phi) is 3.27. The van der Waals surface area contributed by atoms with Crippen LogP contribution in [0.5, 0.6) is 5.75 Å². The molecule has 0 atom stereocenters. The molecule has 0 spiro atoms. The first-order valence-electron chi connectivity index (χ1n) is 5.76. The molecule has 1 aliphatic carbocycles. The third-order valence-corrected chi connectivity index (χ3v) is 4.26. The number of nitrogens with two attached hydrogens (primary N) is 1. The highest BCUT2D eigenvalue weighted by atomic mass is 79.9. The molecule has 0 aromatic heterocycles. The summed E-state index contributed by atoms with van der Waals surface area (Å²) in [6, 6.07) is 4.25. The summed E-state index contributed by atoms with van der Waals surface area (Å²) in [7, 11) is 1.72. The van der Waals surface area contributed by atoms with Crippen LogP contribution >= 0.6 is 15.9 Å². The van der Waals surface area contributed by atoms with Crippen LogP contribution in [0.4, 0.5) is 0 Å². The number of ether oxygens (including phenoxy) is 1. The van der Waals surface area contributed by atoms with Gasteiger partial charge in [0.15, 0.2) is 0 Å². The Morgan fingerprint density at radius 2 is 2.12 bits per heavy atom. The van der Waals surface area contributed by atoms with Gasteiger partial charge < -0.3 is 10.5 Å². The molecule has 2 rings (SSSR count). The van der Waals surface area contributed by atoms with Crippen LogP contribution in [0.3, 0.4) is 0 Å². The summed E-state index contributed by atoms with van der Waals surface area (Å²) in [5, 5.41) is 0. The average Bonchev–Trinajstić information content (AvgIpc) is 2.24. The Balaban J connectivity index is 2.45. The van der Waals surface area contributed by atoms with E-state index in [0.29, 0.717) is 0 Å². The predicted molar refractivity (Wildman–Crippen MR) is 69.8 cm³/mol. The van der Waals surface area contributed by atoms with Gasteiger partial charge in [-0.05, 0) is 43.4 Å². The van der Waals surface area contributed by atoms with Gasteiger partial charge in [0.25, 0.3) is 0 Å². The van der Waals surface area contributed by atoms with Crippen molar-refractivity contribution >= 4 is 15.9 Å². The highest BCUT2D eigenvalue weighted by Gasteiger charge is 2.35. The van der Waals surface area contributed by atoms with Crippen molar-refractivity contribution in [2.24, 2.45) is 5.73 Å². The Bertz CT molecular complexity index is 399. The van der Waals surface area contributed by atoms with Crippen LogP contribution in [0.15, 0.2) is 16.6 Å². The van der Waals surface area contributed by atoms with Gasteiger partial charge in [-0.25, -0.2) is 0 Å². The SMILES string of the molecule is CCc1c(Br)cc(C2(N)CCC2)cc1OC. The van der Waals surface area contributed by atoms with Crippen LogP contribution in [-0.4, -0.2) is 7.11 Å². The number of methoxy groups -OCH3 is 1. The maximum absolute atomic E-state index is 6.33. The lowest BCUT2D eigenvalue weighted by Gasteiger charge is -2.39. The zero-order valence-corrected chi connectivity index (χ0v) is 11.4. The number of halogens is 1. The molecule has 88 valence electrons. The standard InChI is InChI=1S/C13H18BrNO/c1-3-10-11(14)7-9(8-12(10)16-2)13(15)5-4-6-13/h7-8H,3-6,15H2,1-2H3. The van der Waals surface area contributed by atoms with E-state index in [-0.39, 0.29) is 5.54 Å². The fraction of sp³-hybridized carbons (Fsp3) is 0.538. The van der Waals surface area contributed by atoms with Crippen molar-refractivity contribution in [2.45, 2.75) is 38.1 Å². The highest BCUT2D eigenvalue weighted by molar-refractivity contribution is 9.10. The Morgan fingerprint density at radius 1 is 1.44 bits per heavy atom. The second-order valence-corrected chi connectivity index (χ2v) is 5.36. The zero-order valence-electron chi connectivity index (χ0n) is 9.85. The molecule has 0 unspecified atom stereocenters. The molecule has 1 fully saturated rings. The van der Waals surface area contributed by atoms with Gasteiger partial charge in [-0.1, -0.05) is 22.9 Å². The van der Waals surface area contributed by atoms with Gasteiger partial charge in [-0.3, -0.25) is 0 Å². The predicted octanol–water partition coefficient (Wildman–Crippen LogP) is 3.36. The summed E-state index contributed by atoms with van der Waals surface area (Å²) in [6.45, 7) is 2.13. The fourth-order valence-corrected chi connectivity index (χ4v) is 2.99. The normalized spacial score (nSPS) is 18.0. The molecule has 0 amide bonds. The number of hydrogen-bond donors (Lipinski definition) is 1. The molecule has 0 heterocycles. The zero-order chi connectivity index (χ0) is 11.8. The molecule has 2 nitrogen and oxygen atoms in total. The van der Waals surface area contributed by atoms with E-state index in [1.54, 1.807) is 7.11 Å². The highest BCUT2D eigenvalue weighted by Crippen LogP contribution is 2.42. The quantitative estimate of drug-likeness (QED) is 0.923. The van der Waals surface area contributed by atoms with Crippen LogP contribution in [0.1, 0.15) is 37.3 Å². The van der Waals surface area contributed by atoms with E-state index in [2.05, 4.69) is 35.0 Å². The van der Waals surface area contributed by atoms with Gasteiger partial charge in [-0.2, -0.15) is 0 Å². The van der Waals surface area contributed by atoms with E-state index in [1.165, 1.54) is 17.5 Å². The monoisotopic (exact) mass is 283 g/mol. The van der Waals surface area contributed by atoms with E-state index >= 15 is 0 Å². The summed E-state index contributed by atoms with van der Waals surface area (Å²) in [4.78, 5) is 0. The van der Waals surface area contributed by atoms with Gasteiger partial charge in [0, 0.05) is 15.6 Å². The largest absolute Gasteiger partial charge is 0.496 e. The molecule has 1 aromatic carbocycles. The second kappa shape index (κ2) is 4.38. The first kappa shape index (κ1) is 11.9. The lowest BCUT2D eigenvalue weighted by atomic mass is 9.72. The Labute approximate surface area is 105 Å². The summed E-state index contributed by atoms with van der Waals surface area (Å²) in [5.41, 5.74) is 8.62. The minimum atomic E-state index is -0.123. The van der Waals surface area contributed by atoms with Gasteiger partial charge in [0.2, 0.25) is 0 Å². The molecule has 0 bridgehead atoms. The van der Waals surface area contributed by atoms with Crippen LogP contribution in [0.25, 0.3) is 0 Å². The first-order chi connectivity index (χ1) is 7.60. The van der Waals surface area contributed by atoms with E-state index in [0.717, 1.165) is 29.5 Å². The molecule has 1 aromatic rings. The van der Waals surface area contributed by atoms with Crippen molar-refractivity contribution in [1.29, 1.82) is 0 Å². The van der Waals surface area contributed by atoms with Crippen molar-refractivity contribution in [2.75, 3.05) is 7.11 Å². The van der Waals surface area contributed by atoms with Crippen molar-refractivity contribution in [3.63, 3.8) is 0 Å². The Hall–Kier alpha value is -0.540. The number of rotatable bonds is 3. The molecule has 1 saturated carbocycles. The van der Waals surface area contributed by atoms with Gasteiger partial charge in [0.05, 0.1) is 7.11 Å². The summed E-state index contributed by atoms with van der Waals surface area (Å²) in [6.07, 6.45) is 4.34. The fourth-order valence-electron chi connectivity index (χ4n) is 2.27.